The first-order valence-electron chi connectivity index (χ1n) is 7.77. The molecule has 0 aliphatic heterocycles. The SMILES string of the molecule is COC(=O)COc1ccc(C=Nn2c(=O)[nH]c3ccccc3c2=O)cc1Br. The molecule has 3 aromatic rings. The number of carbonyl (C=O) groups excluding carboxylic acids is 1. The minimum absolute atomic E-state index is 0.218. The highest BCUT2D eigenvalue weighted by Crippen LogP contribution is 2.25. The van der Waals surface area contributed by atoms with Gasteiger partial charge in [0.15, 0.2) is 6.61 Å². The molecule has 9 heteroatoms. The molecule has 0 atom stereocenters. The van der Waals surface area contributed by atoms with Crippen LogP contribution in [-0.4, -0.2) is 35.6 Å². The predicted molar refractivity (Wildman–Crippen MR) is 103 cm³/mol. The highest BCUT2D eigenvalue weighted by atomic mass is 79.9. The van der Waals surface area contributed by atoms with Crippen LogP contribution in [0.2, 0.25) is 0 Å². The number of esters is 1. The molecule has 0 amide bonds. The molecule has 0 aliphatic rings. The van der Waals surface area contributed by atoms with E-state index in [1.54, 1.807) is 42.5 Å². The molecule has 0 spiro atoms. The van der Waals surface area contributed by atoms with Gasteiger partial charge in [-0.05, 0) is 51.8 Å². The lowest BCUT2D eigenvalue weighted by Crippen LogP contribution is -2.32. The Bertz CT molecular complexity index is 1150. The van der Waals surface area contributed by atoms with Crippen LogP contribution in [0, 0.1) is 0 Å². The zero-order valence-corrected chi connectivity index (χ0v) is 15.7. The molecule has 0 radical (unpaired) electrons. The molecule has 3 rings (SSSR count). The number of hydrogen-bond donors (Lipinski definition) is 1. The van der Waals surface area contributed by atoms with Gasteiger partial charge in [0.1, 0.15) is 5.75 Å². The normalized spacial score (nSPS) is 11.0. The molecule has 27 heavy (non-hydrogen) atoms. The second-order valence-electron chi connectivity index (χ2n) is 5.39. The molecule has 2 aromatic carbocycles. The van der Waals surface area contributed by atoms with Crippen molar-refractivity contribution >= 4 is 39.0 Å². The van der Waals surface area contributed by atoms with Crippen LogP contribution in [0.4, 0.5) is 0 Å². The number of rotatable bonds is 5. The Hall–Kier alpha value is -3.20. The molecule has 1 aromatic heterocycles. The van der Waals surface area contributed by atoms with Crippen molar-refractivity contribution in [3.05, 3.63) is 73.3 Å². The molecule has 0 bridgehead atoms. The molecule has 0 saturated heterocycles. The molecular weight excluding hydrogens is 418 g/mol. The number of benzene rings is 2. The van der Waals surface area contributed by atoms with Crippen LogP contribution in [0.5, 0.6) is 5.75 Å². The third kappa shape index (κ3) is 4.14. The van der Waals surface area contributed by atoms with Gasteiger partial charge in [0, 0.05) is 0 Å². The minimum Gasteiger partial charge on any atom is -0.481 e. The van der Waals surface area contributed by atoms with Crippen LogP contribution < -0.4 is 16.0 Å². The summed E-state index contributed by atoms with van der Waals surface area (Å²) in [6.07, 6.45) is 1.38. The number of fused-ring (bicyclic) bond motifs is 1. The highest BCUT2D eigenvalue weighted by Gasteiger charge is 2.07. The van der Waals surface area contributed by atoms with Gasteiger partial charge in [-0.3, -0.25) is 4.79 Å². The first-order valence-corrected chi connectivity index (χ1v) is 8.56. The third-order valence-electron chi connectivity index (χ3n) is 3.64. The maximum absolute atomic E-state index is 12.4. The number of hydrogen-bond acceptors (Lipinski definition) is 6. The summed E-state index contributed by atoms with van der Waals surface area (Å²) < 4.78 is 11.2. The second kappa shape index (κ2) is 8.00. The Balaban J connectivity index is 1.87. The van der Waals surface area contributed by atoms with Gasteiger partial charge in [-0.15, -0.1) is 4.68 Å². The Kier molecular flexibility index (Phi) is 5.51. The van der Waals surface area contributed by atoms with Crippen molar-refractivity contribution in [1.29, 1.82) is 0 Å². The van der Waals surface area contributed by atoms with Crippen molar-refractivity contribution in [3.63, 3.8) is 0 Å². The predicted octanol–water partition coefficient (Wildman–Crippen LogP) is 1.89. The van der Waals surface area contributed by atoms with E-state index in [0.29, 0.717) is 26.7 Å². The highest BCUT2D eigenvalue weighted by molar-refractivity contribution is 9.10. The van der Waals surface area contributed by atoms with E-state index in [1.807, 2.05) is 0 Å². The lowest BCUT2D eigenvalue weighted by molar-refractivity contribution is -0.142. The average Bonchev–Trinajstić information content (AvgIpc) is 2.66. The number of nitrogens with zero attached hydrogens (tertiary/aromatic N) is 2. The van der Waals surface area contributed by atoms with E-state index in [9.17, 15) is 14.4 Å². The van der Waals surface area contributed by atoms with Gasteiger partial charge in [0.25, 0.3) is 5.56 Å². The zero-order chi connectivity index (χ0) is 19.4. The molecule has 0 aliphatic carbocycles. The fourth-order valence-electron chi connectivity index (χ4n) is 2.29. The second-order valence-corrected chi connectivity index (χ2v) is 6.25. The lowest BCUT2D eigenvalue weighted by Gasteiger charge is -2.07. The Labute approximate surface area is 161 Å². The van der Waals surface area contributed by atoms with Crippen LogP contribution in [0.3, 0.4) is 0 Å². The van der Waals surface area contributed by atoms with Crippen LogP contribution >= 0.6 is 15.9 Å². The van der Waals surface area contributed by atoms with Gasteiger partial charge < -0.3 is 14.5 Å². The average molecular weight is 432 g/mol. The number of halogens is 1. The van der Waals surface area contributed by atoms with Crippen molar-refractivity contribution in [1.82, 2.24) is 9.66 Å². The van der Waals surface area contributed by atoms with Crippen molar-refractivity contribution in [2.24, 2.45) is 5.10 Å². The van der Waals surface area contributed by atoms with Crippen LogP contribution in [0.25, 0.3) is 10.9 Å². The molecular formula is C18H14BrN3O5. The van der Waals surface area contributed by atoms with Crippen molar-refractivity contribution in [2.45, 2.75) is 0 Å². The summed E-state index contributed by atoms with van der Waals surface area (Å²) in [5.41, 5.74) is -0.0738. The number of aromatic amines is 1. The van der Waals surface area contributed by atoms with Crippen LogP contribution in [-0.2, 0) is 9.53 Å². The van der Waals surface area contributed by atoms with E-state index >= 15 is 0 Å². The van der Waals surface area contributed by atoms with Gasteiger partial charge in [-0.2, -0.15) is 5.10 Å². The molecule has 1 heterocycles. The van der Waals surface area contributed by atoms with Crippen molar-refractivity contribution in [2.75, 3.05) is 13.7 Å². The maximum Gasteiger partial charge on any atom is 0.349 e. The van der Waals surface area contributed by atoms with Gasteiger partial charge in [-0.1, -0.05) is 12.1 Å². The number of aromatic nitrogens is 2. The van der Waals surface area contributed by atoms with E-state index in [4.69, 9.17) is 4.74 Å². The number of carbonyl (C=O) groups is 1. The number of nitrogens with one attached hydrogen (secondary N) is 1. The van der Waals surface area contributed by atoms with E-state index in [-0.39, 0.29) is 6.61 Å². The molecule has 138 valence electrons. The molecule has 8 nitrogen and oxygen atoms in total. The summed E-state index contributed by atoms with van der Waals surface area (Å²) in [6.45, 7) is -0.218. The molecule has 0 unspecified atom stereocenters. The zero-order valence-electron chi connectivity index (χ0n) is 14.1. The van der Waals surface area contributed by atoms with Gasteiger partial charge in [-0.25, -0.2) is 9.59 Å². The summed E-state index contributed by atoms with van der Waals surface area (Å²) >= 11 is 3.33. The van der Waals surface area contributed by atoms with Gasteiger partial charge in [0.05, 0.1) is 28.7 Å². The summed E-state index contributed by atoms with van der Waals surface area (Å²) in [4.78, 5) is 38.3. The third-order valence-corrected chi connectivity index (χ3v) is 4.25. The summed E-state index contributed by atoms with van der Waals surface area (Å²) in [7, 11) is 1.27. The van der Waals surface area contributed by atoms with E-state index in [2.05, 4.69) is 30.8 Å². The smallest absolute Gasteiger partial charge is 0.349 e. The number of H-pyrrole nitrogens is 1. The maximum atomic E-state index is 12.4. The fourth-order valence-corrected chi connectivity index (χ4v) is 2.80. The quantitative estimate of drug-likeness (QED) is 0.490. The number of ether oxygens (including phenoxy) is 2. The first-order chi connectivity index (χ1) is 13.0. The number of para-hydroxylation sites is 1. The van der Waals surface area contributed by atoms with Crippen molar-refractivity contribution < 1.29 is 14.3 Å². The summed E-state index contributed by atoms with van der Waals surface area (Å²) in [6, 6.07) is 11.7. The van der Waals surface area contributed by atoms with Crippen LogP contribution in [0.1, 0.15) is 5.56 Å². The van der Waals surface area contributed by atoms with Gasteiger partial charge >= 0.3 is 11.7 Å². The largest absolute Gasteiger partial charge is 0.481 e. The Morgan fingerprint density at radius 2 is 2.04 bits per heavy atom. The van der Waals surface area contributed by atoms with Crippen molar-refractivity contribution in [3.8, 4) is 5.75 Å². The van der Waals surface area contributed by atoms with Gasteiger partial charge in [0.2, 0.25) is 0 Å². The lowest BCUT2D eigenvalue weighted by atomic mass is 10.2. The minimum atomic E-state index is -0.632. The standard InChI is InChI=1S/C18H14BrN3O5/c1-26-16(23)10-27-15-7-6-11(8-13(15)19)9-20-22-17(24)12-4-2-3-5-14(12)21-18(22)25/h2-9H,10H2,1H3,(H,21,25). The molecule has 1 N–H and O–H groups in total. The summed E-state index contributed by atoms with van der Waals surface area (Å²) in [5, 5.41) is 4.35. The Morgan fingerprint density at radius 3 is 2.78 bits per heavy atom. The monoisotopic (exact) mass is 431 g/mol. The number of methoxy groups -OCH3 is 1. The molecule has 0 saturated carbocycles. The first kappa shape index (κ1) is 18.6. The van der Waals surface area contributed by atoms with E-state index in [0.717, 1.165) is 4.68 Å². The Morgan fingerprint density at radius 1 is 1.26 bits per heavy atom. The fraction of sp³-hybridized carbons (Fsp3) is 0.111. The van der Waals surface area contributed by atoms with E-state index < -0.39 is 17.2 Å². The topological polar surface area (TPSA) is 103 Å². The molecule has 0 fully saturated rings. The van der Waals surface area contributed by atoms with Crippen LogP contribution in [0.15, 0.2) is 61.6 Å². The summed E-state index contributed by atoms with van der Waals surface area (Å²) in [5.74, 6) is -0.0549. The van der Waals surface area contributed by atoms with E-state index in [1.165, 1.54) is 13.3 Å².